The Kier molecular flexibility index (Phi) is 11.3. The van der Waals surface area contributed by atoms with Gasteiger partial charge >= 0.3 is 0 Å². The maximum atomic E-state index is 5.67. The van der Waals surface area contributed by atoms with Crippen LogP contribution in [0.4, 0.5) is 0 Å². The van der Waals surface area contributed by atoms with Crippen molar-refractivity contribution in [2.45, 2.75) is 13.3 Å². The lowest BCUT2D eigenvalue weighted by atomic mass is 10.1. The van der Waals surface area contributed by atoms with Gasteiger partial charge in [-0.1, -0.05) is 30.3 Å². The maximum Gasteiger partial charge on any atom is 0.191 e. The Bertz CT molecular complexity index is 651. The van der Waals surface area contributed by atoms with E-state index in [0.717, 1.165) is 30.4 Å². The summed E-state index contributed by atoms with van der Waals surface area (Å²) in [6, 6.07) is 17.9. The fourth-order valence-electron chi connectivity index (χ4n) is 2.32. The van der Waals surface area contributed by atoms with Crippen LogP contribution in [0.15, 0.2) is 59.6 Å². The van der Waals surface area contributed by atoms with E-state index in [1.54, 1.807) is 7.11 Å². The van der Waals surface area contributed by atoms with E-state index in [4.69, 9.17) is 9.47 Å². The molecule has 0 bridgehead atoms. The molecule has 0 aliphatic carbocycles. The first kappa shape index (κ1) is 22.1. The van der Waals surface area contributed by atoms with Gasteiger partial charge in [0.15, 0.2) is 5.96 Å². The van der Waals surface area contributed by atoms with Crippen molar-refractivity contribution in [2.24, 2.45) is 4.99 Å². The Labute approximate surface area is 173 Å². The summed E-state index contributed by atoms with van der Waals surface area (Å²) in [5.74, 6) is 2.57. The predicted octanol–water partition coefficient (Wildman–Crippen LogP) is 3.49. The molecule has 0 aliphatic heterocycles. The summed E-state index contributed by atoms with van der Waals surface area (Å²) in [6.07, 6.45) is 0.869. The van der Waals surface area contributed by atoms with Gasteiger partial charge in [-0.25, -0.2) is 0 Å². The van der Waals surface area contributed by atoms with E-state index in [0.29, 0.717) is 19.7 Å². The van der Waals surface area contributed by atoms with E-state index in [2.05, 4.69) is 28.6 Å². The number of hydrogen-bond acceptors (Lipinski definition) is 3. The van der Waals surface area contributed by atoms with Gasteiger partial charge in [0, 0.05) is 13.1 Å². The second-order valence-electron chi connectivity index (χ2n) is 5.45. The quantitative estimate of drug-likeness (QED) is 0.256. The number of para-hydroxylation sites is 1. The van der Waals surface area contributed by atoms with Crippen molar-refractivity contribution < 1.29 is 9.47 Å². The van der Waals surface area contributed by atoms with Crippen LogP contribution in [0.2, 0.25) is 0 Å². The van der Waals surface area contributed by atoms with Crippen LogP contribution in [0.3, 0.4) is 0 Å². The standard InChI is InChI=1S/C20H27N3O2.HI/c1-3-21-20(23-14-15-25-18-9-5-4-6-10-18)22-13-12-17-8-7-11-19(16-17)24-2;/h4-11,16H,3,12-15H2,1-2H3,(H2,21,22,23);1H. The van der Waals surface area contributed by atoms with Gasteiger partial charge in [-0.2, -0.15) is 0 Å². The van der Waals surface area contributed by atoms with E-state index >= 15 is 0 Å². The van der Waals surface area contributed by atoms with Gasteiger partial charge in [0.1, 0.15) is 18.1 Å². The van der Waals surface area contributed by atoms with Crippen LogP contribution in [0.25, 0.3) is 0 Å². The first-order valence-corrected chi connectivity index (χ1v) is 8.64. The number of nitrogens with one attached hydrogen (secondary N) is 2. The second-order valence-corrected chi connectivity index (χ2v) is 5.45. The topological polar surface area (TPSA) is 54.9 Å². The number of aliphatic imine (C=N–C) groups is 1. The third-order valence-electron chi connectivity index (χ3n) is 3.56. The van der Waals surface area contributed by atoms with Gasteiger partial charge in [0.05, 0.1) is 13.7 Å². The molecule has 0 unspecified atom stereocenters. The van der Waals surface area contributed by atoms with Crippen LogP contribution in [0, 0.1) is 0 Å². The smallest absolute Gasteiger partial charge is 0.191 e. The molecule has 0 heterocycles. The molecule has 2 rings (SSSR count). The van der Waals surface area contributed by atoms with Crippen molar-refractivity contribution in [2.75, 3.05) is 33.4 Å². The summed E-state index contributed by atoms with van der Waals surface area (Å²) in [6.45, 7) is 4.87. The molecule has 6 heteroatoms. The highest BCUT2D eigenvalue weighted by Gasteiger charge is 1.99. The number of ether oxygens (including phenoxy) is 2. The average molecular weight is 469 g/mol. The van der Waals surface area contributed by atoms with Crippen LogP contribution in [0.1, 0.15) is 12.5 Å². The van der Waals surface area contributed by atoms with Crippen LogP contribution in [-0.2, 0) is 6.42 Å². The van der Waals surface area contributed by atoms with Gasteiger partial charge in [-0.3, -0.25) is 4.99 Å². The lowest BCUT2D eigenvalue weighted by molar-refractivity contribution is 0.322. The Morgan fingerprint density at radius 1 is 1.00 bits per heavy atom. The van der Waals surface area contributed by atoms with E-state index < -0.39 is 0 Å². The molecule has 0 spiro atoms. The lowest BCUT2D eigenvalue weighted by Gasteiger charge is -2.12. The minimum absolute atomic E-state index is 0. The number of rotatable bonds is 9. The molecule has 0 amide bonds. The third kappa shape index (κ3) is 8.42. The number of methoxy groups -OCH3 is 1. The molecule has 0 aliphatic rings. The molecule has 0 aromatic heterocycles. The molecule has 26 heavy (non-hydrogen) atoms. The number of guanidine groups is 1. The number of halogens is 1. The summed E-state index contributed by atoms with van der Waals surface area (Å²) in [7, 11) is 1.68. The molecule has 2 N–H and O–H groups in total. The highest BCUT2D eigenvalue weighted by molar-refractivity contribution is 14.0. The van der Waals surface area contributed by atoms with Crippen LogP contribution >= 0.6 is 24.0 Å². The Balaban J connectivity index is 0.00000338. The van der Waals surface area contributed by atoms with Crippen molar-refractivity contribution in [3.05, 3.63) is 60.2 Å². The summed E-state index contributed by atoms with van der Waals surface area (Å²) >= 11 is 0. The molecule has 5 nitrogen and oxygen atoms in total. The van der Waals surface area contributed by atoms with Crippen molar-refractivity contribution in [3.63, 3.8) is 0 Å². The number of nitrogens with zero attached hydrogens (tertiary/aromatic N) is 1. The van der Waals surface area contributed by atoms with E-state index in [1.165, 1.54) is 5.56 Å². The highest BCUT2D eigenvalue weighted by Crippen LogP contribution is 2.12. The van der Waals surface area contributed by atoms with Gasteiger partial charge in [0.25, 0.3) is 0 Å². The number of hydrogen-bond donors (Lipinski definition) is 2. The first-order valence-electron chi connectivity index (χ1n) is 8.64. The third-order valence-corrected chi connectivity index (χ3v) is 3.56. The molecule has 142 valence electrons. The van der Waals surface area contributed by atoms with Crippen molar-refractivity contribution in [1.82, 2.24) is 10.6 Å². The Morgan fingerprint density at radius 2 is 1.77 bits per heavy atom. The molecular weight excluding hydrogens is 441 g/mol. The van der Waals surface area contributed by atoms with Crippen molar-refractivity contribution >= 4 is 29.9 Å². The minimum Gasteiger partial charge on any atom is -0.497 e. The lowest BCUT2D eigenvalue weighted by Crippen LogP contribution is -2.39. The number of benzene rings is 2. The fourth-order valence-corrected chi connectivity index (χ4v) is 2.32. The average Bonchev–Trinajstić information content (AvgIpc) is 2.66. The summed E-state index contributed by atoms with van der Waals surface area (Å²) in [5, 5.41) is 6.54. The van der Waals surface area contributed by atoms with E-state index in [-0.39, 0.29) is 24.0 Å². The molecule has 2 aromatic rings. The molecule has 0 radical (unpaired) electrons. The van der Waals surface area contributed by atoms with Crippen LogP contribution in [-0.4, -0.2) is 39.3 Å². The van der Waals surface area contributed by atoms with Gasteiger partial charge < -0.3 is 20.1 Å². The zero-order chi connectivity index (χ0) is 17.7. The van der Waals surface area contributed by atoms with Gasteiger partial charge in [-0.15, -0.1) is 24.0 Å². The van der Waals surface area contributed by atoms with Crippen LogP contribution in [0.5, 0.6) is 11.5 Å². The second kappa shape index (κ2) is 13.3. The predicted molar refractivity (Wildman–Crippen MR) is 118 cm³/mol. The summed E-state index contributed by atoms with van der Waals surface area (Å²) in [5.41, 5.74) is 1.21. The summed E-state index contributed by atoms with van der Waals surface area (Å²) in [4.78, 5) is 4.61. The molecular formula is C20H28IN3O2. The fraction of sp³-hybridized carbons (Fsp3) is 0.350. The Morgan fingerprint density at radius 3 is 2.50 bits per heavy atom. The largest absolute Gasteiger partial charge is 0.497 e. The minimum atomic E-state index is 0. The molecule has 0 saturated heterocycles. The first-order chi connectivity index (χ1) is 12.3. The molecule has 2 aromatic carbocycles. The normalized spacial score (nSPS) is 10.6. The van der Waals surface area contributed by atoms with Crippen molar-refractivity contribution in [3.8, 4) is 11.5 Å². The molecule has 0 saturated carbocycles. The van der Waals surface area contributed by atoms with E-state index in [9.17, 15) is 0 Å². The van der Waals surface area contributed by atoms with Gasteiger partial charge in [0.2, 0.25) is 0 Å². The van der Waals surface area contributed by atoms with Crippen LogP contribution < -0.4 is 20.1 Å². The highest BCUT2D eigenvalue weighted by atomic mass is 127. The SMILES string of the molecule is CCNC(=NCCc1cccc(OC)c1)NCCOc1ccccc1.I. The maximum absolute atomic E-state index is 5.67. The van der Waals surface area contributed by atoms with Crippen molar-refractivity contribution in [1.29, 1.82) is 0 Å². The molecule has 0 atom stereocenters. The zero-order valence-electron chi connectivity index (χ0n) is 15.4. The summed E-state index contributed by atoms with van der Waals surface area (Å²) < 4.78 is 10.9. The molecule has 0 fully saturated rings. The zero-order valence-corrected chi connectivity index (χ0v) is 17.7. The van der Waals surface area contributed by atoms with Gasteiger partial charge in [-0.05, 0) is 43.2 Å². The van der Waals surface area contributed by atoms with E-state index in [1.807, 2.05) is 48.5 Å². The monoisotopic (exact) mass is 469 g/mol. The Hall–Kier alpha value is -1.96.